The molecule has 3 rings (SSSR count). The first-order chi connectivity index (χ1) is 14.5. The summed E-state index contributed by atoms with van der Waals surface area (Å²) < 4.78 is 5.31. The highest BCUT2D eigenvalue weighted by Gasteiger charge is 2.26. The minimum atomic E-state index is -0.441. The first-order valence-corrected chi connectivity index (χ1v) is 9.67. The van der Waals surface area contributed by atoms with Crippen molar-refractivity contribution in [3.05, 3.63) is 65.0 Å². The molecule has 1 fully saturated rings. The Morgan fingerprint density at radius 3 is 2.57 bits per heavy atom. The van der Waals surface area contributed by atoms with E-state index in [1.54, 1.807) is 25.4 Å². The number of hydrogen-bond acceptors (Lipinski definition) is 7. The van der Waals surface area contributed by atoms with E-state index in [9.17, 15) is 10.1 Å². The molecule has 0 saturated carbocycles. The van der Waals surface area contributed by atoms with E-state index in [1.165, 1.54) is 18.0 Å². The Labute approximate surface area is 175 Å². The van der Waals surface area contributed by atoms with Crippen LogP contribution in [0, 0.1) is 10.1 Å². The van der Waals surface area contributed by atoms with Gasteiger partial charge in [0.05, 0.1) is 23.9 Å². The van der Waals surface area contributed by atoms with Crippen LogP contribution in [0.2, 0.25) is 0 Å². The number of aryl methyl sites for hydroxylation is 1. The topological polar surface area (TPSA) is 89.6 Å². The Balaban J connectivity index is 1.96. The lowest BCUT2D eigenvalue weighted by molar-refractivity contribution is -0.385. The summed E-state index contributed by atoms with van der Waals surface area (Å²) in [4.78, 5) is 17.0. The van der Waals surface area contributed by atoms with Gasteiger partial charge in [0.15, 0.2) is 5.75 Å². The summed E-state index contributed by atoms with van der Waals surface area (Å²) in [6.45, 7) is 8.91. The van der Waals surface area contributed by atoms with Gasteiger partial charge in [-0.25, -0.2) is 0 Å². The standard InChI is InChI=1S/C21H26N6O3/c1-5-7-16(8-6-2)25-9-11-26(12-10-25)19-14-21(30-4)20(27(28)29)13-17(19)18-15-22-24(3)23-18/h5-8,13-15H,1,9-12H2,2-4H3/b8-6-,16-7+. The molecule has 0 radical (unpaired) electrons. The fraction of sp³-hybridized carbons (Fsp3) is 0.333. The number of hydrogen-bond donors (Lipinski definition) is 0. The molecule has 1 aliphatic heterocycles. The molecule has 2 heterocycles. The van der Waals surface area contributed by atoms with Crippen LogP contribution in [0.5, 0.6) is 5.75 Å². The Morgan fingerprint density at radius 2 is 2.03 bits per heavy atom. The summed E-state index contributed by atoms with van der Waals surface area (Å²) in [6.07, 6.45) is 9.47. The molecule has 9 nitrogen and oxygen atoms in total. The van der Waals surface area contributed by atoms with E-state index >= 15 is 0 Å². The molecular weight excluding hydrogens is 384 g/mol. The number of anilines is 1. The van der Waals surface area contributed by atoms with Crippen LogP contribution in [-0.2, 0) is 7.05 Å². The molecule has 1 aromatic carbocycles. The minimum absolute atomic E-state index is 0.0928. The zero-order chi connectivity index (χ0) is 21.7. The Morgan fingerprint density at radius 1 is 1.30 bits per heavy atom. The number of nitrogens with zero attached hydrogens (tertiary/aromatic N) is 6. The van der Waals surface area contributed by atoms with E-state index in [1.807, 2.05) is 19.1 Å². The van der Waals surface area contributed by atoms with Gasteiger partial charge in [-0.1, -0.05) is 18.7 Å². The average Bonchev–Trinajstić information content (AvgIpc) is 3.18. The number of benzene rings is 1. The third-order valence-electron chi connectivity index (χ3n) is 4.98. The SMILES string of the molecule is C=C/C=C(\C=C/C)N1CCN(c2cc(OC)c([N+](=O)[O-])cc2-c2cnn(C)n2)CC1. The monoisotopic (exact) mass is 410 g/mol. The molecular formula is C21H26N6O3. The van der Waals surface area contributed by atoms with E-state index in [-0.39, 0.29) is 11.4 Å². The van der Waals surface area contributed by atoms with Gasteiger partial charge in [0.2, 0.25) is 0 Å². The molecule has 30 heavy (non-hydrogen) atoms. The molecule has 0 spiro atoms. The second-order valence-electron chi connectivity index (χ2n) is 6.82. The third-order valence-corrected chi connectivity index (χ3v) is 4.98. The van der Waals surface area contributed by atoms with Gasteiger partial charge in [-0.15, -0.1) is 0 Å². The second-order valence-corrected chi connectivity index (χ2v) is 6.82. The summed E-state index contributed by atoms with van der Waals surface area (Å²) in [5, 5.41) is 20.0. The number of nitro groups is 1. The number of methoxy groups -OCH3 is 1. The molecule has 0 bridgehead atoms. The Bertz CT molecular complexity index is 987. The molecule has 1 aromatic heterocycles. The lowest BCUT2D eigenvalue weighted by Crippen LogP contribution is -2.45. The van der Waals surface area contributed by atoms with E-state index < -0.39 is 4.92 Å². The minimum Gasteiger partial charge on any atom is -0.490 e. The fourth-order valence-corrected chi connectivity index (χ4v) is 3.56. The predicted molar refractivity (Wildman–Crippen MR) is 117 cm³/mol. The van der Waals surface area contributed by atoms with Crippen LogP contribution < -0.4 is 9.64 Å². The molecule has 0 aliphatic carbocycles. The maximum atomic E-state index is 11.5. The highest BCUT2D eigenvalue weighted by molar-refractivity contribution is 5.81. The van der Waals surface area contributed by atoms with Crippen molar-refractivity contribution in [1.82, 2.24) is 19.9 Å². The van der Waals surface area contributed by atoms with Gasteiger partial charge in [-0.2, -0.15) is 15.0 Å². The van der Waals surface area contributed by atoms with Crippen molar-refractivity contribution in [2.24, 2.45) is 7.05 Å². The van der Waals surface area contributed by atoms with Crippen LogP contribution in [0.1, 0.15) is 6.92 Å². The zero-order valence-corrected chi connectivity index (χ0v) is 17.5. The Hall–Kier alpha value is -3.62. The van der Waals surface area contributed by atoms with Crippen molar-refractivity contribution in [3.63, 3.8) is 0 Å². The van der Waals surface area contributed by atoms with E-state index in [4.69, 9.17) is 4.74 Å². The van der Waals surface area contributed by atoms with Gasteiger partial charge >= 0.3 is 5.69 Å². The lowest BCUT2D eigenvalue weighted by Gasteiger charge is -2.38. The number of ether oxygens (including phenoxy) is 1. The summed E-state index contributed by atoms with van der Waals surface area (Å²) in [5.74, 6) is 0.228. The van der Waals surface area contributed by atoms with Gasteiger partial charge in [0.25, 0.3) is 0 Å². The summed E-state index contributed by atoms with van der Waals surface area (Å²) in [7, 11) is 3.16. The molecule has 158 valence electrons. The van der Waals surface area contributed by atoms with E-state index in [0.29, 0.717) is 11.3 Å². The van der Waals surface area contributed by atoms with Crippen LogP contribution in [0.4, 0.5) is 11.4 Å². The zero-order valence-electron chi connectivity index (χ0n) is 17.5. The summed E-state index contributed by atoms with van der Waals surface area (Å²) >= 11 is 0. The van der Waals surface area contributed by atoms with Crippen LogP contribution in [-0.4, -0.2) is 58.1 Å². The number of piperazine rings is 1. The van der Waals surface area contributed by atoms with Gasteiger partial charge in [0, 0.05) is 56.6 Å². The smallest absolute Gasteiger partial charge is 0.311 e. The van der Waals surface area contributed by atoms with Crippen LogP contribution in [0.25, 0.3) is 11.3 Å². The van der Waals surface area contributed by atoms with Gasteiger partial charge < -0.3 is 14.5 Å². The van der Waals surface area contributed by atoms with Crippen molar-refractivity contribution in [2.45, 2.75) is 6.92 Å². The summed E-state index contributed by atoms with van der Waals surface area (Å²) in [5.41, 5.74) is 3.12. The molecule has 1 aliphatic rings. The highest BCUT2D eigenvalue weighted by Crippen LogP contribution is 2.40. The van der Waals surface area contributed by atoms with Crippen molar-refractivity contribution >= 4 is 11.4 Å². The third kappa shape index (κ3) is 4.35. The molecule has 1 saturated heterocycles. The van der Waals surface area contributed by atoms with Crippen LogP contribution in [0.3, 0.4) is 0 Å². The maximum Gasteiger partial charge on any atom is 0.311 e. The second kappa shape index (κ2) is 9.25. The van der Waals surface area contributed by atoms with Crippen molar-refractivity contribution in [2.75, 3.05) is 38.2 Å². The highest BCUT2D eigenvalue weighted by atomic mass is 16.6. The van der Waals surface area contributed by atoms with Crippen molar-refractivity contribution in [3.8, 4) is 17.0 Å². The van der Waals surface area contributed by atoms with Crippen molar-refractivity contribution < 1.29 is 9.66 Å². The largest absolute Gasteiger partial charge is 0.490 e. The number of aromatic nitrogens is 3. The fourth-order valence-electron chi connectivity index (χ4n) is 3.56. The van der Waals surface area contributed by atoms with Gasteiger partial charge in [0.1, 0.15) is 5.69 Å². The molecule has 0 amide bonds. The first-order valence-electron chi connectivity index (χ1n) is 9.67. The predicted octanol–water partition coefficient (Wildman–Crippen LogP) is 3.17. The van der Waals surface area contributed by atoms with E-state index in [0.717, 1.165) is 37.6 Å². The number of allylic oxidation sites excluding steroid dienone is 4. The molecule has 0 atom stereocenters. The quantitative estimate of drug-likeness (QED) is 0.393. The summed E-state index contributed by atoms with van der Waals surface area (Å²) in [6, 6.07) is 3.25. The molecule has 9 heteroatoms. The molecule has 2 aromatic rings. The van der Waals surface area contributed by atoms with Crippen molar-refractivity contribution in [1.29, 1.82) is 0 Å². The van der Waals surface area contributed by atoms with Gasteiger partial charge in [-0.3, -0.25) is 10.1 Å². The Kier molecular flexibility index (Phi) is 6.51. The van der Waals surface area contributed by atoms with Gasteiger partial charge in [-0.05, 0) is 19.1 Å². The first kappa shape index (κ1) is 21.1. The number of nitro benzene ring substituents is 1. The number of rotatable bonds is 7. The van der Waals surface area contributed by atoms with Crippen LogP contribution >= 0.6 is 0 Å². The molecule has 0 unspecified atom stereocenters. The normalized spacial score (nSPS) is 15.0. The van der Waals surface area contributed by atoms with Crippen LogP contribution in [0.15, 0.2) is 54.9 Å². The molecule has 0 N–H and O–H groups in total. The lowest BCUT2D eigenvalue weighted by atomic mass is 10.1. The maximum absolute atomic E-state index is 11.5. The average molecular weight is 410 g/mol. The van der Waals surface area contributed by atoms with E-state index in [2.05, 4.69) is 32.7 Å².